The molecule has 0 unspecified atom stereocenters. The Balaban J connectivity index is 1.51. The Morgan fingerprint density at radius 1 is 1.19 bits per heavy atom. The molecule has 1 N–H and O–H groups in total. The predicted octanol–water partition coefficient (Wildman–Crippen LogP) is 2.85. The second kappa shape index (κ2) is 6.53. The van der Waals surface area contributed by atoms with Gasteiger partial charge in [-0.3, -0.25) is 9.59 Å². The van der Waals surface area contributed by atoms with Crippen LogP contribution in [0.1, 0.15) is 39.9 Å². The lowest BCUT2D eigenvalue weighted by molar-refractivity contribution is -0.121. The van der Waals surface area contributed by atoms with E-state index in [0.717, 1.165) is 22.5 Å². The molecule has 160 valence electrons. The molecule has 6 rings (SSSR count). The van der Waals surface area contributed by atoms with Gasteiger partial charge in [0, 0.05) is 44.1 Å². The molecular formula is C24H22N6O2. The summed E-state index contributed by atoms with van der Waals surface area (Å²) in [6, 6.07) is 11.1. The van der Waals surface area contributed by atoms with Crippen LogP contribution in [-0.2, 0) is 17.3 Å². The van der Waals surface area contributed by atoms with Gasteiger partial charge in [-0.25, -0.2) is 9.97 Å². The Labute approximate surface area is 184 Å². The molecule has 2 aliphatic heterocycles. The van der Waals surface area contributed by atoms with Crippen molar-refractivity contribution in [3.05, 3.63) is 83.8 Å². The van der Waals surface area contributed by atoms with Crippen LogP contribution < -0.4 is 5.32 Å². The Hall–Kier alpha value is -3.94. The number of aryl methyl sites for hydroxylation is 2. The summed E-state index contributed by atoms with van der Waals surface area (Å²) in [7, 11) is 1.89. The van der Waals surface area contributed by atoms with Gasteiger partial charge < -0.3 is 19.2 Å². The van der Waals surface area contributed by atoms with Gasteiger partial charge in [0.15, 0.2) is 0 Å². The van der Waals surface area contributed by atoms with E-state index >= 15 is 0 Å². The van der Waals surface area contributed by atoms with E-state index in [0.29, 0.717) is 24.5 Å². The third-order valence-corrected chi connectivity index (χ3v) is 6.85. The highest BCUT2D eigenvalue weighted by Crippen LogP contribution is 2.54. The normalized spacial score (nSPS) is 22.0. The van der Waals surface area contributed by atoms with Crippen molar-refractivity contribution in [1.82, 2.24) is 23.8 Å². The van der Waals surface area contributed by atoms with Gasteiger partial charge in [0.25, 0.3) is 5.91 Å². The lowest BCUT2D eigenvalue weighted by Gasteiger charge is -2.33. The number of carbonyl (C=O) groups excluding carboxylic acids is 2. The van der Waals surface area contributed by atoms with E-state index in [1.807, 2.05) is 71.7 Å². The Bertz CT molecular complexity index is 1400. The van der Waals surface area contributed by atoms with Crippen LogP contribution in [0, 0.1) is 6.92 Å². The number of nitrogens with one attached hydrogen (secondary N) is 1. The minimum Gasteiger partial charge on any atom is -0.336 e. The highest BCUT2D eigenvalue weighted by Gasteiger charge is 2.60. The first-order chi connectivity index (χ1) is 15.5. The number of anilines is 1. The highest BCUT2D eigenvalue weighted by molar-refractivity contribution is 6.08. The number of pyridine rings is 1. The predicted molar refractivity (Wildman–Crippen MR) is 118 cm³/mol. The van der Waals surface area contributed by atoms with E-state index in [-0.39, 0.29) is 11.8 Å². The average molecular weight is 426 g/mol. The summed E-state index contributed by atoms with van der Waals surface area (Å²) in [4.78, 5) is 38.2. The van der Waals surface area contributed by atoms with Gasteiger partial charge in [-0.1, -0.05) is 24.3 Å². The number of nitrogens with zero attached hydrogens (tertiary/aromatic N) is 5. The van der Waals surface area contributed by atoms with Gasteiger partial charge in [-0.05, 0) is 36.6 Å². The molecule has 0 radical (unpaired) electrons. The highest BCUT2D eigenvalue weighted by atomic mass is 16.2. The fraction of sp³-hybridized carbons (Fsp3) is 0.250. The molecule has 32 heavy (non-hydrogen) atoms. The molecule has 1 fully saturated rings. The number of amides is 2. The lowest BCUT2D eigenvalue weighted by atomic mass is 9.74. The molecule has 2 amide bonds. The van der Waals surface area contributed by atoms with Crippen molar-refractivity contribution in [2.24, 2.45) is 7.05 Å². The summed E-state index contributed by atoms with van der Waals surface area (Å²) in [5.41, 5.74) is 2.94. The molecule has 1 saturated heterocycles. The molecule has 1 spiro atoms. The first-order valence-electron chi connectivity index (χ1n) is 10.6. The molecule has 2 aliphatic rings. The summed E-state index contributed by atoms with van der Waals surface area (Å²) in [5.74, 6) is 0.394. The number of hydrogen-bond acceptors (Lipinski definition) is 4. The maximum absolute atomic E-state index is 13.8. The third-order valence-electron chi connectivity index (χ3n) is 6.85. The van der Waals surface area contributed by atoms with E-state index in [1.165, 1.54) is 0 Å². The zero-order chi connectivity index (χ0) is 22.0. The number of hydrogen-bond donors (Lipinski definition) is 1. The molecule has 0 bridgehead atoms. The fourth-order valence-corrected chi connectivity index (χ4v) is 5.31. The van der Waals surface area contributed by atoms with Crippen molar-refractivity contribution in [3.63, 3.8) is 0 Å². The molecule has 0 aliphatic carbocycles. The zero-order valence-electron chi connectivity index (χ0n) is 17.8. The van der Waals surface area contributed by atoms with E-state index in [1.54, 1.807) is 17.3 Å². The summed E-state index contributed by atoms with van der Waals surface area (Å²) < 4.78 is 3.75. The van der Waals surface area contributed by atoms with Crippen molar-refractivity contribution in [3.8, 4) is 0 Å². The van der Waals surface area contributed by atoms with Crippen LogP contribution in [0.5, 0.6) is 0 Å². The number of imidazole rings is 2. The average Bonchev–Trinajstić information content (AvgIpc) is 3.54. The molecule has 0 saturated carbocycles. The number of carbonyl (C=O) groups is 2. The molecule has 3 aromatic heterocycles. The number of fused-ring (bicyclic) bond motifs is 3. The fourth-order valence-electron chi connectivity index (χ4n) is 5.31. The second-order valence-corrected chi connectivity index (χ2v) is 8.57. The van der Waals surface area contributed by atoms with Gasteiger partial charge in [0.2, 0.25) is 5.91 Å². The lowest BCUT2D eigenvalue weighted by Crippen LogP contribution is -2.43. The zero-order valence-corrected chi connectivity index (χ0v) is 17.8. The molecular weight excluding hydrogens is 404 g/mol. The number of likely N-dealkylation sites (tertiary alicyclic amines) is 1. The third kappa shape index (κ3) is 2.37. The standard InChI is InChI=1S/C24H22N6O2/c1-15-6-5-11-29-14-18(26-20(15)29)22(31)30-12-9-24(19(30)21-25-10-13-28(21)2)16-7-3-4-8-17(16)27-23(24)32/h3-8,10-11,13-14,19H,9,12H2,1-2H3,(H,27,32)/t19-,24+/m0/s1. The van der Waals surface area contributed by atoms with Crippen LogP contribution in [0.4, 0.5) is 5.69 Å². The van der Waals surface area contributed by atoms with Crippen molar-refractivity contribution in [2.75, 3.05) is 11.9 Å². The van der Waals surface area contributed by atoms with Crippen molar-refractivity contribution in [2.45, 2.75) is 24.8 Å². The monoisotopic (exact) mass is 426 g/mol. The topological polar surface area (TPSA) is 84.5 Å². The second-order valence-electron chi connectivity index (χ2n) is 8.57. The largest absolute Gasteiger partial charge is 0.336 e. The van der Waals surface area contributed by atoms with Gasteiger partial charge in [-0.15, -0.1) is 0 Å². The van der Waals surface area contributed by atoms with Crippen LogP contribution in [0.3, 0.4) is 0 Å². The summed E-state index contributed by atoms with van der Waals surface area (Å²) in [5, 5.41) is 3.04. The summed E-state index contributed by atoms with van der Waals surface area (Å²) in [6.07, 6.45) is 7.71. The number of para-hydroxylation sites is 1. The maximum atomic E-state index is 13.8. The number of aromatic nitrogens is 4. The quantitative estimate of drug-likeness (QED) is 0.534. The molecule has 2 atom stereocenters. The van der Waals surface area contributed by atoms with Crippen LogP contribution in [0.2, 0.25) is 0 Å². The number of rotatable bonds is 2. The first kappa shape index (κ1) is 18.8. The van der Waals surface area contributed by atoms with E-state index in [4.69, 9.17) is 0 Å². The van der Waals surface area contributed by atoms with Gasteiger partial charge in [-0.2, -0.15) is 0 Å². The summed E-state index contributed by atoms with van der Waals surface area (Å²) in [6.45, 7) is 2.41. The van der Waals surface area contributed by atoms with Gasteiger partial charge in [0.05, 0.1) is 0 Å². The summed E-state index contributed by atoms with van der Waals surface area (Å²) >= 11 is 0. The molecule has 5 heterocycles. The maximum Gasteiger partial charge on any atom is 0.274 e. The SMILES string of the molecule is Cc1cccn2cc(C(=O)N3CC[C@]4(C(=O)Nc5ccccc54)[C@@H]3c3nccn3C)nc12. The van der Waals surface area contributed by atoms with Crippen LogP contribution in [0.25, 0.3) is 5.65 Å². The Morgan fingerprint density at radius 3 is 2.81 bits per heavy atom. The van der Waals surface area contributed by atoms with Crippen LogP contribution in [0.15, 0.2) is 61.2 Å². The molecule has 8 nitrogen and oxygen atoms in total. The van der Waals surface area contributed by atoms with Gasteiger partial charge in [0.1, 0.15) is 28.6 Å². The molecule has 8 heteroatoms. The van der Waals surface area contributed by atoms with Crippen molar-refractivity contribution in [1.29, 1.82) is 0 Å². The van der Waals surface area contributed by atoms with Gasteiger partial charge >= 0.3 is 0 Å². The smallest absolute Gasteiger partial charge is 0.274 e. The van der Waals surface area contributed by atoms with Crippen molar-refractivity contribution < 1.29 is 9.59 Å². The Morgan fingerprint density at radius 2 is 2.03 bits per heavy atom. The molecule has 4 aromatic rings. The van der Waals surface area contributed by atoms with Crippen LogP contribution in [-0.4, -0.2) is 42.2 Å². The van der Waals surface area contributed by atoms with Crippen LogP contribution >= 0.6 is 0 Å². The minimum absolute atomic E-state index is 0.0900. The molecule has 1 aromatic carbocycles. The van der Waals surface area contributed by atoms with E-state index in [2.05, 4.69) is 15.3 Å². The first-order valence-corrected chi connectivity index (χ1v) is 10.6. The van der Waals surface area contributed by atoms with E-state index in [9.17, 15) is 9.59 Å². The Kier molecular flexibility index (Phi) is 3.83. The van der Waals surface area contributed by atoms with Crippen molar-refractivity contribution >= 4 is 23.1 Å². The number of benzene rings is 1. The van der Waals surface area contributed by atoms with E-state index < -0.39 is 11.5 Å². The minimum atomic E-state index is -0.888.